The van der Waals surface area contributed by atoms with Gasteiger partial charge in [0.2, 0.25) is 5.91 Å². The SMILES string of the molecule is CN(C)[C@@H]1CN(C(=O)Cc2coc3ccccc23)C[C@@H]1n1ccnn1. The van der Waals surface area contributed by atoms with Crippen molar-refractivity contribution in [2.45, 2.75) is 18.5 Å². The third kappa shape index (κ3) is 2.91. The van der Waals surface area contributed by atoms with Crippen LogP contribution in [-0.2, 0) is 11.2 Å². The van der Waals surface area contributed by atoms with Crippen LogP contribution in [0.2, 0.25) is 0 Å². The number of rotatable bonds is 4. The maximum Gasteiger partial charge on any atom is 0.227 e. The summed E-state index contributed by atoms with van der Waals surface area (Å²) in [4.78, 5) is 16.9. The van der Waals surface area contributed by atoms with Crippen molar-refractivity contribution >= 4 is 16.9 Å². The Bertz CT molecular complexity index is 871. The van der Waals surface area contributed by atoms with Gasteiger partial charge in [0, 0.05) is 30.2 Å². The van der Waals surface area contributed by atoms with E-state index >= 15 is 0 Å². The first-order valence-corrected chi connectivity index (χ1v) is 8.38. The normalized spacial score (nSPS) is 20.7. The van der Waals surface area contributed by atoms with Crippen molar-refractivity contribution in [3.8, 4) is 0 Å². The van der Waals surface area contributed by atoms with Gasteiger partial charge < -0.3 is 14.2 Å². The Morgan fingerprint density at radius 1 is 1.32 bits per heavy atom. The zero-order valence-corrected chi connectivity index (χ0v) is 14.4. The number of fused-ring (bicyclic) bond motifs is 1. The standard InChI is InChI=1S/C18H21N5O2/c1-21(2)15-10-22(11-16(15)23-8-7-19-20-23)18(24)9-13-12-25-17-6-4-3-5-14(13)17/h3-8,12,15-16H,9-11H2,1-2H3/t15-,16+/m1/s1. The Hall–Kier alpha value is -2.67. The van der Waals surface area contributed by atoms with E-state index < -0.39 is 0 Å². The van der Waals surface area contributed by atoms with E-state index in [1.807, 2.05) is 54.1 Å². The number of benzene rings is 1. The highest BCUT2D eigenvalue weighted by Crippen LogP contribution is 2.26. The molecule has 0 aliphatic carbocycles. The average molecular weight is 339 g/mol. The first-order valence-electron chi connectivity index (χ1n) is 8.38. The minimum atomic E-state index is 0.112. The molecule has 3 aromatic rings. The van der Waals surface area contributed by atoms with Gasteiger partial charge in [0.25, 0.3) is 0 Å². The van der Waals surface area contributed by atoms with Crippen molar-refractivity contribution in [3.63, 3.8) is 0 Å². The third-order valence-electron chi connectivity index (χ3n) is 4.96. The first-order chi connectivity index (χ1) is 12.1. The van der Waals surface area contributed by atoms with Gasteiger partial charge >= 0.3 is 0 Å². The lowest BCUT2D eigenvalue weighted by Gasteiger charge is -2.24. The third-order valence-corrected chi connectivity index (χ3v) is 4.96. The Morgan fingerprint density at radius 2 is 2.16 bits per heavy atom. The van der Waals surface area contributed by atoms with Crippen LogP contribution >= 0.6 is 0 Å². The van der Waals surface area contributed by atoms with E-state index in [0.29, 0.717) is 19.5 Å². The Morgan fingerprint density at radius 3 is 2.92 bits per heavy atom. The Balaban J connectivity index is 1.52. The topological polar surface area (TPSA) is 67.4 Å². The average Bonchev–Trinajstić information content (AvgIpc) is 3.34. The molecule has 0 radical (unpaired) electrons. The molecule has 4 rings (SSSR count). The number of furan rings is 1. The largest absolute Gasteiger partial charge is 0.464 e. The molecular formula is C18H21N5O2. The van der Waals surface area contributed by atoms with Crippen molar-refractivity contribution in [3.05, 3.63) is 48.5 Å². The van der Waals surface area contributed by atoms with Gasteiger partial charge in [-0.1, -0.05) is 23.4 Å². The van der Waals surface area contributed by atoms with Crippen molar-refractivity contribution in [1.29, 1.82) is 0 Å². The molecule has 1 fully saturated rings. The van der Waals surface area contributed by atoms with E-state index in [0.717, 1.165) is 16.5 Å². The molecule has 0 unspecified atom stereocenters. The van der Waals surface area contributed by atoms with Gasteiger partial charge in [-0.05, 0) is 20.2 Å². The summed E-state index contributed by atoms with van der Waals surface area (Å²) >= 11 is 0. The van der Waals surface area contributed by atoms with Gasteiger partial charge in [-0.2, -0.15) is 0 Å². The van der Waals surface area contributed by atoms with E-state index in [1.54, 1.807) is 12.5 Å². The van der Waals surface area contributed by atoms with Crippen LogP contribution < -0.4 is 0 Å². The van der Waals surface area contributed by atoms with Crippen LogP contribution in [0.5, 0.6) is 0 Å². The molecule has 2 aromatic heterocycles. The van der Waals surface area contributed by atoms with E-state index in [1.165, 1.54) is 0 Å². The fourth-order valence-corrected chi connectivity index (χ4v) is 3.58. The van der Waals surface area contributed by atoms with E-state index in [9.17, 15) is 4.79 Å². The first kappa shape index (κ1) is 15.8. The van der Waals surface area contributed by atoms with Gasteiger partial charge in [0.1, 0.15) is 5.58 Å². The van der Waals surface area contributed by atoms with Crippen LogP contribution in [0, 0.1) is 0 Å². The molecule has 1 aliphatic heterocycles. The number of nitrogens with zero attached hydrogens (tertiary/aromatic N) is 5. The number of hydrogen-bond acceptors (Lipinski definition) is 5. The lowest BCUT2D eigenvalue weighted by Crippen LogP contribution is -2.37. The molecule has 1 amide bonds. The molecule has 1 aliphatic rings. The Labute approximate surface area is 145 Å². The minimum Gasteiger partial charge on any atom is -0.464 e. The summed E-state index contributed by atoms with van der Waals surface area (Å²) in [5.41, 5.74) is 1.75. The maximum absolute atomic E-state index is 12.9. The van der Waals surface area contributed by atoms with Crippen LogP contribution in [0.4, 0.5) is 0 Å². The van der Waals surface area contributed by atoms with Crippen LogP contribution in [0.3, 0.4) is 0 Å². The van der Waals surface area contributed by atoms with E-state index in [-0.39, 0.29) is 18.0 Å². The highest BCUT2D eigenvalue weighted by Gasteiger charge is 2.38. The number of carbonyl (C=O) groups is 1. The lowest BCUT2D eigenvalue weighted by molar-refractivity contribution is -0.129. The molecular weight excluding hydrogens is 318 g/mol. The van der Waals surface area contributed by atoms with Gasteiger partial charge in [-0.3, -0.25) is 4.79 Å². The summed E-state index contributed by atoms with van der Waals surface area (Å²) in [5.74, 6) is 0.112. The second-order valence-electron chi connectivity index (χ2n) is 6.71. The molecule has 0 N–H and O–H groups in total. The van der Waals surface area contributed by atoms with Crippen molar-refractivity contribution < 1.29 is 9.21 Å². The van der Waals surface area contributed by atoms with E-state index in [2.05, 4.69) is 15.2 Å². The predicted octanol–water partition coefficient (Wildman–Crippen LogP) is 1.58. The quantitative estimate of drug-likeness (QED) is 0.722. The molecule has 3 heterocycles. The summed E-state index contributed by atoms with van der Waals surface area (Å²) in [6.07, 6.45) is 5.58. The summed E-state index contributed by atoms with van der Waals surface area (Å²) in [7, 11) is 4.07. The highest BCUT2D eigenvalue weighted by atomic mass is 16.3. The number of aromatic nitrogens is 3. The van der Waals surface area contributed by atoms with Gasteiger partial charge in [0.05, 0.1) is 31.0 Å². The van der Waals surface area contributed by atoms with Crippen molar-refractivity contribution in [1.82, 2.24) is 24.8 Å². The van der Waals surface area contributed by atoms with Crippen molar-refractivity contribution in [2.75, 3.05) is 27.2 Å². The fraction of sp³-hybridized carbons (Fsp3) is 0.389. The Kier molecular flexibility index (Phi) is 4.01. The predicted molar refractivity (Wildman–Crippen MR) is 93.0 cm³/mol. The maximum atomic E-state index is 12.9. The number of likely N-dealkylation sites (N-methyl/N-ethyl adjacent to an activating group) is 1. The smallest absolute Gasteiger partial charge is 0.227 e. The van der Waals surface area contributed by atoms with E-state index in [4.69, 9.17) is 4.42 Å². The molecule has 1 saturated heterocycles. The highest BCUT2D eigenvalue weighted by molar-refractivity contribution is 5.87. The monoisotopic (exact) mass is 339 g/mol. The van der Waals surface area contributed by atoms with Gasteiger partial charge in [-0.25, -0.2) is 4.68 Å². The zero-order valence-electron chi connectivity index (χ0n) is 14.4. The summed E-state index contributed by atoms with van der Waals surface area (Å²) in [6, 6.07) is 8.13. The van der Waals surface area contributed by atoms with Crippen LogP contribution in [-0.4, -0.2) is 63.9 Å². The summed E-state index contributed by atoms with van der Waals surface area (Å²) < 4.78 is 7.40. The van der Waals surface area contributed by atoms with Crippen LogP contribution in [0.1, 0.15) is 11.6 Å². The molecule has 25 heavy (non-hydrogen) atoms. The number of amides is 1. The number of carbonyl (C=O) groups excluding carboxylic acids is 1. The molecule has 7 heteroatoms. The fourth-order valence-electron chi connectivity index (χ4n) is 3.58. The number of para-hydroxylation sites is 1. The zero-order chi connectivity index (χ0) is 17.4. The molecule has 0 bridgehead atoms. The second kappa shape index (κ2) is 6.33. The lowest BCUT2D eigenvalue weighted by atomic mass is 10.1. The summed E-state index contributed by atoms with van der Waals surface area (Å²) in [6.45, 7) is 1.33. The molecule has 1 aromatic carbocycles. The van der Waals surface area contributed by atoms with Gasteiger partial charge in [-0.15, -0.1) is 5.10 Å². The summed E-state index contributed by atoms with van der Waals surface area (Å²) in [5, 5.41) is 9.04. The minimum absolute atomic E-state index is 0.112. The van der Waals surface area contributed by atoms with Crippen LogP contribution in [0.25, 0.3) is 11.0 Å². The van der Waals surface area contributed by atoms with Crippen LogP contribution in [0.15, 0.2) is 47.3 Å². The number of likely N-dealkylation sites (tertiary alicyclic amines) is 1. The molecule has 2 atom stereocenters. The molecule has 130 valence electrons. The number of hydrogen-bond donors (Lipinski definition) is 0. The molecule has 0 saturated carbocycles. The van der Waals surface area contributed by atoms with Gasteiger partial charge in [0.15, 0.2) is 0 Å². The molecule has 0 spiro atoms. The molecule has 7 nitrogen and oxygen atoms in total. The van der Waals surface area contributed by atoms with Crippen molar-refractivity contribution in [2.24, 2.45) is 0 Å². The second-order valence-corrected chi connectivity index (χ2v) is 6.71.